The van der Waals surface area contributed by atoms with Crippen LogP contribution >= 0.6 is 0 Å². The molecule has 0 saturated carbocycles. The molecule has 0 radical (unpaired) electrons. The van der Waals surface area contributed by atoms with Gasteiger partial charge < -0.3 is 15.4 Å². The third kappa shape index (κ3) is 4.89. The van der Waals surface area contributed by atoms with Crippen molar-refractivity contribution < 1.29 is 23.9 Å². The fourth-order valence-electron chi connectivity index (χ4n) is 2.53. The highest BCUT2D eigenvalue weighted by Gasteiger charge is 2.33. The van der Waals surface area contributed by atoms with Gasteiger partial charge in [-0.2, -0.15) is 0 Å². The van der Waals surface area contributed by atoms with Crippen molar-refractivity contribution in [1.29, 1.82) is 0 Å². The van der Waals surface area contributed by atoms with Crippen LogP contribution in [0.15, 0.2) is 18.2 Å². The lowest BCUT2D eigenvalue weighted by Gasteiger charge is -2.30. The van der Waals surface area contributed by atoms with Crippen LogP contribution in [0.25, 0.3) is 0 Å². The highest BCUT2D eigenvalue weighted by Crippen LogP contribution is 2.23. The maximum Gasteiger partial charge on any atom is 0.255 e. The smallest absolute Gasteiger partial charge is 0.255 e. The Kier molecular flexibility index (Phi) is 8.44. The van der Waals surface area contributed by atoms with Gasteiger partial charge in [-0.25, -0.2) is 0 Å². The summed E-state index contributed by atoms with van der Waals surface area (Å²) in [5, 5.41) is 2.20. The number of hydrogen-bond acceptors (Lipinski definition) is 6. The number of hydrogen-bond donors (Lipinski definition) is 2. The number of ether oxygens (including phenoxy) is 1. The summed E-state index contributed by atoms with van der Waals surface area (Å²) in [6.07, 6.45) is 0.943. The van der Waals surface area contributed by atoms with Gasteiger partial charge in [0.05, 0.1) is 11.1 Å². The summed E-state index contributed by atoms with van der Waals surface area (Å²) >= 11 is 0. The van der Waals surface area contributed by atoms with Gasteiger partial charge in [0.15, 0.2) is 6.29 Å². The molecule has 1 unspecified atom stereocenters. The van der Waals surface area contributed by atoms with Crippen LogP contribution in [0.5, 0.6) is 5.75 Å². The van der Waals surface area contributed by atoms with Gasteiger partial charge in [-0.15, -0.1) is 0 Å². The van der Waals surface area contributed by atoms with Gasteiger partial charge in [-0.3, -0.25) is 24.5 Å². The number of nitrogens with two attached hydrogens (primary N) is 1. The van der Waals surface area contributed by atoms with Crippen molar-refractivity contribution in [2.75, 3.05) is 20.2 Å². The maximum atomic E-state index is 12.7. The molecule has 0 aromatic heterocycles. The number of nitrogens with zero attached hydrogens (tertiary/aromatic N) is 1. The third-order valence-electron chi connectivity index (χ3n) is 3.79. The minimum atomic E-state index is -0.761. The number of nitrogens with one attached hydrogen (secondary N) is 1. The second-order valence-electron chi connectivity index (χ2n) is 5.36. The zero-order valence-corrected chi connectivity index (χ0v) is 15.3. The number of aldehydes is 1. The first-order valence-electron chi connectivity index (χ1n) is 8.51. The number of carbonyl (C=O) groups excluding carboxylic acids is 4. The lowest BCUT2D eigenvalue weighted by Crippen LogP contribution is -2.53. The predicted octanol–water partition coefficient (Wildman–Crippen LogP) is 0.740. The van der Waals surface area contributed by atoms with E-state index in [1.165, 1.54) is 18.0 Å². The van der Waals surface area contributed by atoms with Gasteiger partial charge in [-0.1, -0.05) is 19.9 Å². The Balaban J connectivity index is 0.00000163. The van der Waals surface area contributed by atoms with Crippen molar-refractivity contribution >= 4 is 24.0 Å². The molecule has 0 aliphatic carbocycles. The third-order valence-corrected chi connectivity index (χ3v) is 3.79. The summed E-state index contributed by atoms with van der Waals surface area (Å²) in [5.74, 6) is -1.11. The first-order chi connectivity index (χ1) is 12.5. The van der Waals surface area contributed by atoms with Gasteiger partial charge in [0.2, 0.25) is 11.8 Å². The fourth-order valence-corrected chi connectivity index (χ4v) is 2.53. The van der Waals surface area contributed by atoms with Crippen LogP contribution in [0.2, 0.25) is 0 Å². The van der Waals surface area contributed by atoms with Crippen LogP contribution < -0.4 is 15.8 Å². The lowest BCUT2D eigenvalue weighted by molar-refractivity contribution is -0.136. The topological polar surface area (TPSA) is 119 Å². The molecule has 1 fully saturated rings. The zero-order chi connectivity index (χ0) is 19.7. The fraction of sp³-hybridized carbons (Fsp3) is 0.444. The van der Waals surface area contributed by atoms with Gasteiger partial charge >= 0.3 is 0 Å². The van der Waals surface area contributed by atoms with Gasteiger partial charge in [-0.05, 0) is 18.6 Å². The first kappa shape index (κ1) is 21.3. The molecule has 8 heteroatoms. The van der Waals surface area contributed by atoms with Gasteiger partial charge in [0.1, 0.15) is 18.4 Å². The van der Waals surface area contributed by atoms with Crippen LogP contribution in [0.3, 0.4) is 0 Å². The van der Waals surface area contributed by atoms with Crippen LogP contribution in [-0.2, 0) is 9.59 Å². The van der Waals surface area contributed by atoms with Crippen LogP contribution in [0, 0.1) is 0 Å². The Bertz CT molecular complexity index is 675. The average molecular weight is 363 g/mol. The standard InChI is InChI=1S/C16H19N3O5.C2H6/c1-19(12-5-6-14(21)18-15(12)22)16(23)10-3-2-4-13(11(10)9-20)24-8-7-17;1-2/h2-4,9,12H,5-8,17H2,1H3,(H,18,21,22);1-2H3. The van der Waals surface area contributed by atoms with Crippen molar-refractivity contribution in [1.82, 2.24) is 10.2 Å². The minimum Gasteiger partial charge on any atom is -0.492 e. The van der Waals surface area contributed by atoms with E-state index in [4.69, 9.17) is 10.5 Å². The Hall–Kier alpha value is -2.74. The van der Waals surface area contributed by atoms with Gasteiger partial charge in [0, 0.05) is 20.0 Å². The largest absolute Gasteiger partial charge is 0.492 e. The molecule has 1 aromatic rings. The molecule has 1 aliphatic rings. The predicted molar refractivity (Wildman–Crippen MR) is 96.0 cm³/mol. The SMILES string of the molecule is CC.CN(C(=O)c1cccc(OCCN)c1C=O)C1CCC(=O)NC1=O. The molecule has 8 nitrogen and oxygen atoms in total. The quantitative estimate of drug-likeness (QED) is 0.568. The highest BCUT2D eigenvalue weighted by molar-refractivity contribution is 6.06. The highest BCUT2D eigenvalue weighted by atomic mass is 16.5. The lowest BCUT2D eigenvalue weighted by atomic mass is 10.0. The first-order valence-corrected chi connectivity index (χ1v) is 8.51. The number of imide groups is 1. The van der Waals surface area contributed by atoms with E-state index in [-0.39, 0.29) is 48.8 Å². The van der Waals surface area contributed by atoms with Crippen molar-refractivity contribution in [3.8, 4) is 5.75 Å². The van der Waals surface area contributed by atoms with E-state index >= 15 is 0 Å². The summed E-state index contributed by atoms with van der Waals surface area (Å²) in [6.45, 7) is 4.48. The Morgan fingerprint density at radius 1 is 1.38 bits per heavy atom. The Morgan fingerprint density at radius 3 is 2.65 bits per heavy atom. The van der Waals surface area contributed by atoms with E-state index in [1.54, 1.807) is 12.1 Å². The minimum absolute atomic E-state index is 0.107. The van der Waals surface area contributed by atoms with E-state index in [2.05, 4.69) is 5.32 Å². The molecule has 0 bridgehead atoms. The van der Waals surface area contributed by atoms with E-state index in [0.717, 1.165) is 0 Å². The molecule has 0 spiro atoms. The van der Waals surface area contributed by atoms with E-state index in [1.807, 2.05) is 13.8 Å². The number of likely N-dealkylation sites (N-methyl/N-ethyl adjacent to an activating group) is 1. The van der Waals surface area contributed by atoms with E-state index in [9.17, 15) is 19.2 Å². The number of carbonyl (C=O) groups is 4. The molecular formula is C18H25N3O5. The van der Waals surface area contributed by atoms with Gasteiger partial charge in [0.25, 0.3) is 5.91 Å². The number of piperidine rings is 1. The zero-order valence-electron chi connectivity index (χ0n) is 15.3. The molecule has 1 heterocycles. The van der Waals surface area contributed by atoms with Crippen molar-refractivity contribution in [3.05, 3.63) is 29.3 Å². The second kappa shape index (κ2) is 10.3. The van der Waals surface area contributed by atoms with Crippen LogP contribution in [0.4, 0.5) is 0 Å². The molecule has 1 aromatic carbocycles. The van der Waals surface area contributed by atoms with Crippen molar-refractivity contribution in [2.45, 2.75) is 32.7 Å². The molecule has 3 amide bonds. The molecule has 2 rings (SSSR count). The molecule has 142 valence electrons. The normalized spacial score (nSPS) is 16.1. The summed E-state index contributed by atoms with van der Waals surface area (Å²) in [6, 6.07) is 3.89. The van der Waals surface area contributed by atoms with E-state index < -0.39 is 17.9 Å². The summed E-state index contributed by atoms with van der Waals surface area (Å²) in [7, 11) is 1.46. The van der Waals surface area contributed by atoms with E-state index in [0.29, 0.717) is 6.29 Å². The monoisotopic (exact) mass is 363 g/mol. The summed E-state index contributed by atoms with van der Waals surface area (Å²) < 4.78 is 5.38. The van der Waals surface area contributed by atoms with Crippen molar-refractivity contribution in [2.24, 2.45) is 5.73 Å². The number of rotatable bonds is 6. The Labute approximate surface area is 152 Å². The molecular weight excluding hydrogens is 338 g/mol. The summed E-state index contributed by atoms with van der Waals surface area (Å²) in [5.41, 5.74) is 5.62. The van der Waals surface area contributed by atoms with Crippen molar-refractivity contribution in [3.63, 3.8) is 0 Å². The molecule has 3 N–H and O–H groups in total. The molecule has 1 aliphatic heterocycles. The number of amides is 3. The van der Waals surface area contributed by atoms with Crippen LogP contribution in [-0.4, -0.2) is 55.1 Å². The molecule has 26 heavy (non-hydrogen) atoms. The molecule has 1 saturated heterocycles. The Morgan fingerprint density at radius 2 is 2.08 bits per heavy atom. The van der Waals surface area contributed by atoms with Crippen LogP contribution in [0.1, 0.15) is 47.4 Å². The summed E-state index contributed by atoms with van der Waals surface area (Å²) in [4.78, 5) is 48.5. The number of benzene rings is 1. The maximum absolute atomic E-state index is 12.7. The average Bonchev–Trinajstić information content (AvgIpc) is 2.66. The second-order valence-corrected chi connectivity index (χ2v) is 5.36. The molecule has 1 atom stereocenters.